The molecule has 2 saturated heterocycles. The molecule has 8 nitrogen and oxygen atoms in total. The van der Waals surface area contributed by atoms with Crippen LogP contribution in [0.5, 0.6) is 11.5 Å². The first kappa shape index (κ1) is 24.3. The topological polar surface area (TPSA) is 88.5 Å². The van der Waals surface area contributed by atoms with Crippen LogP contribution in [0.15, 0.2) is 48.0 Å². The van der Waals surface area contributed by atoms with Gasteiger partial charge in [0.1, 0.15) is 23.4 Å². The summed E-state index contributed by atoms with van der Waals surface area (Å²) >= 11 is 0. The maximum atomic E-state index is 13.4. The molecule has 0 radical (unpaired) electrons. The van der Waals surface area contributed by atoms with Crippen LogP contribution in [0.3, 0.4) is 0 Å². The van der Waals surface area contributed by atoms with E-state index in [1.54, 1.807) is 11.0 Å². The van der Waals surface area contributed by atoms with E-state index in [1.807, 2.05) is 50.2 Å². The number of hydrogen-bond donors (Lipinski definition) is 1. The summed E-state index contributed by atoms with van der Waals surface area (Å²) in [5, 5.41) is 11.4. The van der Waals surface area contributed by atoms with Gasteiger partial charge in [-0.05, 0) is 55.3 Å². The third-order valence-corrected chi connectivity index (χ3v) is 6.96. The molecule has 0 unspecified atom stereocenters. The zero-order chi connectivity index (χ0) is 25.2. The van der Waals surface area contributed by atoms with Gasteiger partial charge in [0.25, 0.3) is 11.7 Å². The van der Waals surface area contributed by atoms with Crippen LogP contribution in [0.2, 0.25) is 0 Å². The van der Waals surface area contributed by atoms with E-state index in [9.17, 15) is 14.7 Å². The van der Waals surface area contributed by atoms with E-state index in [4.69, 9.17) is 14.2 Å². The van der Waals surface area contributed by atoms with Crippen molar-refractivity contribution in [2.75, 3.05) is 46.0 Å². The maximum absolute atomic E-state index is 13.4. The van der Waals surface area contributed by atoms with Crippen LogP contribution in [0, 0.1) is 0 Å². The molecule has 5 rings (SSSR count). The summed E-state index contributed by atoms with van der Waals surface area (Å²) in [6, 6.07) is 12.1. The smallest absolute Gasteiger partial charge is 0.295 e. The van der Waals surface area contributed by atoms with Crippen LogP contribution in [0.4, 0.5) is 0 Å². The molecule has 2 atom stereocenters. The number of aliphatic hydroxyl groups excluding tert-OH is 1. The molecule has 3 heterocycles. The van der Waals surface area contributed by atoms with Gasteiger partial charge in [-0.2, -0.15) is 0 Å². The summed E-state index contributed by atoms with van der Waals surface area (Å²) in [7, 11) is 0. The van der Waals surface area contributed by atoms with Crippen LogP contribution in [-0.2, 0) is 20.7 Å². The molecule has 0 spiro atoms. The van der Waals surface area contributed by atoms with E-state index in [1.165, 1.54) is 0 Å². The number of hydrogen-bond acceptors (Lipinski definition) is 7. The van der Waals surface area contributed by atoms with Crippen LogP contribution < -0.4 is 9.47 Å². The van der Waals surface area contributed by atoms with E-state index in [2.05, 4.69) is 4.90 Å². The molecule has 0 bridgehead atoms. The number of fused-ring (bicyclic) bond motifs is 1. The third-order valence-electron chi connectivity index (χ3n) is 6.96. The third kappa shape index (κ3) is 4.70. The van der Waals surface area contributed by atoms with Crippen molar-refractivity contribution in [3.63, 3.8) is 0 Å². The number of ether oxygens (including phenoxy) is 3. The second-order valence-electron chi connectivity index (χ2n) is 9.41. The molecule has 0 saturated carbocycles. The largest absolute Gasteiger partial charge is 0.507 e. The molecular weight excluding hydrogens is 460 g/mol. The molecule has 2 aromatic carbocycles. The summed E-state index contributed by atoms with van der Waals surface area (Å²) in [5.41, 5.74) is 2.30. The zero-order valence-corrected chi connectivity index (χ0v) is 20.7. The standard InChI is InChI=1S/C28H32N2O6/c1-3-35-22-6-4-5-19(17-22)25-24(26(31)20-7-8-23-21(16-20)15-18(2)36-23)27(32)28(33)30(25)10-9-29-11-13-34-14-12-29/h4-8,16-18,25,31H,3,9-15H2,1-2H3/b26-24+/t18-,25+/m1/s1. The Kier molecular flexibility index (Phi) is 6.98. The maximum Gasteiger partial charge on any atom is 0.295 e. The van der Waals surface area contributed by atoms with Crippen molar-refractivity contribution in [3.8, 4) is 11.5 Å². The lowest BCUT2D eigenvalue weighted by Gasteiger charge is -2.31. The highest BCUT2D eigenvalue weighted by Gasteiger charge is 2.46. The molecule has 2 aromatic rings. The molecule has 190 valence electrons. The normalized spacial score (nSPS) is 23.6. The fourth-order valence-corrected chi connectivity index (χ4v) is 5.20. The number of rotatable bonds is 7. The summed E-state index contributed by atoms with van der Waals surface area (Å²) in [6.45, 7) is 8.24. The first-order valence-corrected chi connectivity index (χ1v) is 12.6. The number of carbonyl (C=O) groups is 2. The Bertz CT molecular complexity index is 1190. The Balaban J connectivity index is 1.54. The van der Waals surface area contributed by atoms with Gasteiger partial charge >= 0.3 is 0 Å². The lowest BCUT2D eigenvalue weighted by atomic mass is 9.94. The van der Waals surface area contributed by atoms with Crippen molar-refractivity contribution < 1.29 is 28.9 Å². The van der Waals surface area contributed by atoms with Crippen molar-refractivity contribution in [2.24, 2.45) is 0 Å². The van der Waals surface area contributed by atoms with Crippen molar-refractivity contribution in [1.82, 2.24) is 9.80 Å². The lowest BCUT2D eigenvalue weighted by Crippen LogP contribution is -2.42. The monoisotopic (exact) mass is 492 g/mol. The summed E-state index contributed by atoms with van der Waals surface area (Å²) in [6.07, 6.45) is 0.786. The highest BCUT2D eigenvalue weighted by atomic mass is 16.5. The Labute approximate surface area is 211 Å². The lowest BCUT2D eigenvalue weighted by molar-refractivity contribution is -0.140. The number of Topliss-reactive ketones (excluding diaryl/α,β-unsaturated/α-hetero) is 1. The predicted octanol–water partition coefficient (Wildman–Crippen LogP) is 3.16. The highest BCUT2D eigenvalue weighted by molar-refractivity contribution is 6.46. The number of amides is 1. The average Bonchev–Trinajstić information content (AvgIpc) is 3.38. The van der Waals surface area contributed by atoms with Gasteiger partial charge in [-0.25, -0.2) is 0 Å². The number of likely N-dealkylation sites (tertiary alicyclic amines) is 1. The Morgan fingerprint density at radius 2 is 1.92 bits per heavy atom. The molecule has 1 amide bonds. The number of morpholine rings is 1. The Hall–Kier alpha value is -3.36. The summed E-state index contributed by atoms with van der Waals surface area (Å²) in [4.78, 5) is 30.4. The van der Waals surface area contributed by atoms with Crippen LogP contribution in [-0.4, -0.2) is 78.7 Å². The van der Waals surface area contributed by atoms with Gasteiger partial charge in [-0.1, -0.05) is 12.1 Å². The van der Waals surface area contributed by atoms with Gasteiger partial charge in [0.05, 0.1) is 31.4 Å². The zero-order valence-electron chi connectivity index (χ0n) is 20.7. The second-order valence-corrected chi connectivity index (χ2v) is 9.41. The quantitative estimate of drug-likeness (QED) is 0.361. The van der Waals surface area contributed by atoms with E-state index in [0.717, 1.165) is 36.4 Å². The van der Waals surface area contributed by atoms with E-state index >= 15 is 0 Å². The van der Waals surface area contributed by atoms with E-state index < -0.39 is 17.7 Å². The molecule has 3 aliphatic rings. The minimum Gasteiger partial charge on any atom is -0.507 e. The average molecular weight is 493 g/mol. The first-order chi connectivity index (χ1) is 17.5. The van der Waals surface area contributed by atoms with Crippen LogP contribution >= 0.6 is 0 Å². The Morgan fingerprint density at radius 1 is 1.11 bits per heavy atom. The number of aliphatic hydroxyl groups is 1. The van der Waals surface area contributed by atoms with Gasteiger partial charge in [-0.3, -0.25) is 14.5 Å². The molecule has 3 aliphatic heterocycles. The molecule has 1 N–H and O–H groups in total. The van der Waals surface area contributed by atoms with Gasteiger partial charge in [-0.15, -0.1) is 0 Å². The van der Waals surface area contributed by atoms with Crippen LogP contribution in [0.1, 0.15) is 36.6 Å². The fraction of sp³-hybridized carbons (Fsp3) is 0.429. The summed E-state index contributed by atoms with van der Waals surface area (Å²) in [5.74, 6) is -0.0130. The van der Waals surface area contributed by atoms with Crippen LogP contribution in [0.25, 0.3) is 5.76 Å². The molecular formula is C28H32N2O6. The van der Waals surface area contributed by atoms with Gasteiger partial charge in [0.2, 0.25) is 0 Å². The fourth-order valence-electron chi connectivity index (χ4n) is 5.20. The van der Waals surface area contributed by atoms with E-state index in [0.29, 0.717) is 44.2 Å². The number of benzene rings is 2. The van der Waals surface area contributed by atoms with Crippen molar-refractivity contribution in [1.29, 1.82) is 0 Å². The number of carbonyl (C=O) groups excluding carboxylic acids is 2. The van der Waals surface area contributed by atoms with Crippen molar-refractivity contribution in [2.45, 2.75) is 32.4 Å². The van der Waals surface area contributed by atoms with Gasteiger partial charge in [0.15, 0.2) is 0 Å². The van der Waals surface area contributed by atoms with Crippen molar-refractivity contribution >= 4 is 17.4 Å². The number of ketones is 1. The SMILES string of the molecule is CCOc1cccc([C@H]2/C(=C(\O)c3ccc4c(c3)C[C@@H](C)O4)C(=O)C(=O)N2CCN2CCOCC2)c1. The minimum absolute atomic E-state index is 0.0597. The van der Waals surface area contributed by atoms with Crippen molar-refractivity contribution in [3.05, 3.63) is 64.7 Å². The highest BCUT2D eigenvalue weighted by Crippen LogP contribution is 2.41. The first-order valence-electron chi connectivity index (χ1n) is 12.6. The second kappa shape index (κ2) is 10.3. The molecule has 0 aromatic heterocycles. The van der Waals surface area contributed by atoms with E-state index in [-0.39, 0.29) is 17.4 Å². The minimum atomic E-state index is -0.713. The molecule has 8 heteroatoms. The number of nitrogens with zero attached hydrogens (tertiary/aromatic N) is 2. The predicted molar refractivity (Wildman–Crippen MR) is 134 cm³/mol. The summed E-state index contributed by atoms with van der Waals surface area (Å²) < 4.78 is 16.9. The molecule has 0 aliphatic carbocycles. The molecule has 36 heavy (non-hydrogen) atoms. The van der Waals surface area contributed by atoms with Gasteiger partial charge < -0.3 is 24.2 Å². The Morgan fingerprint density at radius 3 is 2.69 bits per heavy atom. The molecule has 2 fully saturated rings. The van der Waals surface area contributed by atoms with Gasteiger partial charge in [0, 0.05) is 38.2 Å².